The third kappa shape index (κ3) is 1.73. The van der Waals surface area contributed by atoms with Gasteiger partial charge in [0.25, 0.3) is 0 Å². The van der Waals surface area contributed by atoms with E-state index in [1.54, 1.807) is 24.8 Å². The van der Waals surface area contributed by atoms with Crippen molar-refractivity contribution in [2.75, 3.05) is 11.4 Å². The van der Waals surface area contributed by atoms with Crippen LogP contribution in [0.3, 0.4) is 0 Å². The summed E-state index contributed by atoms with van der Waals surface area (Å²) >= 11 is 0. The molecule has 0 aromatic heterocycles. The van der Waals surface area contributed by atoms with E-state index >= 15 is 0 Å². The Morgan fingerprint density at radius 3 is 2.62 bits per heavy atom. The first-order chi connectivity index (χ1) is 7.61. The molecule has 3 heteroatoms. The van der Waals surface area contributed by atoms with Crippen LogP contribution < -0.4 is 4.90 Å². The van der Waals surface area contributed by atoms with Crippen molar-refractivity contribution < 1.29 is 9.59 Å². The summed E-state index contributed by atoms with van der Waals surface area (Å²) in [6.07, 6.45) is 1.91. The number of fused-ring (bicyclic) bond motifs is 1. The molecule has 1 aromatic rings. The highest BCUT2D eigenvalue weighted by molar-refractivity contribution is 6.05. The van der Waals surface area contributed by atoms with Gasteiger partial charge in [0.1, 0.15) is 0 Å². The summed E-state index contributed by atoms with van der Waals surface area (Å²) in [4.78, 5) is 24.8. The van der Waals surface area contributed by atoms with E-state index in [1.165, 1.54) is 0 Å². The van der Waals surface area contributed by atoms with Gasteiger partial charge in [0.05, 0.1) is 5.69 Å². The monoisotopic (exact) mass is 217 g/mol. The lowest BCUT2D eigenvalue weighted by molar-refractivity contribution is -0.116. The Bertz CT molecular complexity index is 451. The van der Waals surface area contributed by atoms with Crippen LogP contribution in [-0.4, -0.2) is 18.2 Å². The molecule has 0 N–H and O–H groups in total. The van der Waals surface area contributed by atoms with Gasteiger partial charge in [-0.15, -0.1) is 0 Å². The maximum absolute atomic E-state index is 11.6. The van der Waals surface area contributed by atoms with Crippen LogP contribution in [0.5, 0.6) is 0 Å². The van der Waals surface area contributed by atoms with E-state index in [2.05, 4.69) is 0 Å². The van der Waals surface area contributed by atoms with Crippen LogP contribution in [-0.2, 0) is 11.2 Å². The molecule has 0 saturated carbocycles. The number of Topliss-reactive ketones (excluding diaryl/α,β-unsaturated/α-hetero) is 1. The Kier molecular flexibility index (Phi) is 2.77. The lowest BCUT2D eigenvalue weighted by Gasteiger charge is -2.30. The van der Waals surface area contributed by atoms with Gasteiger partial charge < -0.3 is 4.90 Å². The molecule has 0 aliphatic carbocycles. The van der Waals surface area contributed by atoms with Crippen LogP contribution >= 0.6 is 0 Å². The SMILES string of the molecule is CC(=O)c1cccc2c1N(C(C)=O)CCC2. The van der Waals surface area contributed by atoms with E-state index in [1.807, 2.05) is 12.1 Å². The highest BCUT2D eigenvalue weighted by atomic mass is 16.2. The number of aryl methyl sites for hydroxylation is 1. The largest absolute Gasteiger partial charge is 0.312 e. The fourth-order valence-corrected chi connectivity index (χ4v) is 2.25. The first-order valence-corrected chi connectivity index (χ1v) is 5.52. The molecule has 0 saturated heterocycles. The number of para-hydroxylation sites is 1. The van der Waals surface area contributed by atoms with Gasteiger partial charge in [-0.2, -0.15) is 0 Å². The van der Waals surface area contributed by atoms with E-state index < -0.39 is 0 Å². The fraction of sp³-hybridized carbons (Fsp3) is 0.385. The van der Waals surface area contributed by atoms with Crippen LogP contribution in [0.4, 0.5) is 5.69 Å². The van der Waals surface area contributed by atoms with Crippen LogP contribution in [0.2, 0.25) is 0 Å². The summed E-state index contributed by atoms with van der Waals surface area (Å²) in [7, 11) is 0. The number of amides is 1. The molecule has 0 atom stereocenters. The number of anilines is 1. The standard InChI is InChI=1S/C13H15NO2/c1-9(15)12-7-3-5-11-6-4-8-14(10(2)16)13(11)12/h3,5,7H,4,6,8H2,1-2H3. The zero-order chi connectivity index (χ0) is 11.7. The molecule has 16 heavy (non-hydrogen) atoms. The summed E-state index contributed by atoms with van der Waals surface area (Å²) in [5.41, 5.74) is 2.59. The van der Waals surface area contributed by atoms with Crippen molar-refractivity contribution in [3.8, 4) is 0 Å². The third-order valence-electron chi connectivity index (χ3n) is 2.98. The molecule has 1 aliphatic rings. The summed E-state index contributed by atoms with van der Waals surface area (Å²) in [5, 5.41) is 0. The lowest BCUT2D eigenvalue weighted by Crippen LogP contribution is -2.34. The molecule has 1 amide bonds. The highest BCUT2D eigenvalue weighted by Crippen LogP contribution is 2.31. The highest BCUT2D eigenvalue weighted by Gasteiger charge is 2.23. The first-order valence-electron chi connectivity index (χ1n) is 5.52. The van der Waals surface area contributed by atoms with Crippen molar-refractivity contribution in [3.63, 3.8) is 0 Å². The van der Waals surface area contributed by atoms with Crippen LogP contribution in [0.15, 0.2) is 18.2 Å². The van der Waals surface area contributed by atoms with Crippen LogP contribution in [0, 0.1) is 0 Å². The number of carbonyl (C=O) groups excluding carboxylic acids is 2. The van der Waals surface area contributed by atoms with Gasteiger partial charge >= 0.3 is 0 Å². The molecular formula is C13H15NO2. The molecule has 3 nitrogen and oxygen atoms in total. The smallest absolute Gasteiger partial charge is 0.223 e. The molecule has 1 heterocycles. The van der Waals surface area contributed by atoms with E-state index in [9.17, 15) is 9.59 Å². The average molecular weight is 217 g/mol. The van der Waals surface area contributed by atoms with Gasteiger partial charge in [-0.25, -0.2) is 0 Å². The lowest BCUT2D eigenvalue weighted by atomic mass is 9.96. The van der Waals surface area contributed by atoms with E-state index in [4.69, 9.17) is 0 Å². The van der Waals surface area contributed by atoms with Gasteiger partial charge in [0.2, 0.25) is 5.91 Å². The summed E-state index contributed by atoms with van der Waals surface area (Å²) < 4.78 is 0. The predicted octanol–water partition coefficient (Wildman–Crippen LogP) is 2.19. The third-order valence-corrected chi connectivity index (χ3v) is 2.98. The molecule has 0 radical (unpaired) electrons. The molecule has 0 fully saturated rings. The zero-order valence-electron chi connectivity index (χ0n) is 9.62. The van der Waals surface area contributed by atoms with Gasteiger partial charge in [-0.3, -0.25) is 9.59 Å². The van der Waals surface area contributed by atoms with Crippen molar-refractivity contribution >= 4 is 17.4 Å². The fourth-order valence-electron chi connectivity index (χ4n) is 2.25. The number of ketones is 1. The molecule has 1 aliphatic heterocycles. The second-order valence-corrected chi connectivity index (χ2v) is 4.14. The maximum Gasteiger partial charge on any atom is 0.223 e. The molecule has 1 aromatic carbocycles. The molecule has 84 valence electrons. The van der Waals surface area contributed by atoms with Crippen molar-refractivity contribution in [3.05, 3.63) is 29.3 Å². The molecule has 0 bridgehead atoms. The van der Waals surface area contributed by atoms with Crippen LogP contribution in [0.1, 0.15) is 36.2 Å². The van der Waals surface area contributed by atoms with Gasteiger partial charge in [-0.05, 0) is 31.4 Å². The number of nitrogens with zero attached hydrogens (tertiary/aromatic N) is 1. The van der Waals surface area contributed by atoms with Crippen molar-refractivity contribution in [2.45, 2.75) is 26.7 Å². The average Bonchev–Trinajstić information content (AvgIpc) is 2.27. The number of carbonyl (C=O) groups is 2. The number of hydrogen-bond acceptors (Lipinski definition) is 2. The molecule has 0 unspecified atom stereocenters. The number of hydrogen-bond donors (Lipinski definition) is 0. The minimum Gasteiger partial charge on any atom is -0.312 e. The van der Waals surface area contributed by atoms with Crippen LogP contribution in [0.25, 0.3) is 0 Å². The maximum atomic E-state index is 11.6. The van der Waals surface area contributed by atoms with E-state index in [0.29, 0.717) is 12.1 Å². The summed E-state index contributed by atoms with van der Waals surface area (Å²) in [6, 6.07) is 5.68. The van der Waals surface area contributed by atoms with Gasteiger partial charge in [0, 0.05) is 19.0 Å². The Balaban J connectivity index is 2.59. The Hall–Kier alpha value is -1.64. The van der Waals surface area contributed by atoms with Crippen molar-refractivity contribution in [1.29, 1.82) is 0 Å². The topological polar surface area (TPSA) is 37.4 Å². The summed E-state index contributed by atoms with van der Waals surface area (Å²) in [6.45, 7) is 3.81. The van der Waals surface area contributed by atoms with E-state index in [0.717, 1.165) is 24.1 Å². The number of rotatable bonds is 1. The van der Waals surface area contributed by atoms with Crippen molar-refractivity contribution in [1.82, 2.24) is 0 Å². The molecule has 2 rings (SSSR count). The second-order valence-electron chi connectivity index (χ2n) is 4.14. The zero-order valence-corrected chi connectivity index (χ0v) is 9.62. The second kappa shape index (κ2) is 4.08. The summed E-state index contributed by atoms with van der Waals surface area (Å²) in [5.74, 6) is 0.0275. The first kappa shape index (κ1) is 10.9. The Morgan fingerprint density at radius 2 is 2.00 bits per heavy atom. The minimum absolute atomic E-state index is 0.00894. The minimum atomic E-state index is 0.00894. The Morgan fingerprint density at radius 1 is 1.25 bits per heavy atom. The molecule has 0 spiro atoms. The normalized spacial score (nSPS) is 14.5. The quantitative estimate of drug-likeness (QED) is 0.676. The predicted molar refractivity (Wildman–Crippen MR) is 62.8 cm³/mol. The Labute approximate surface area is 95.1 Å². The molecular weight excluding hydrogens is 202 g/mol. The van der Waals surface area contributed by atoms with Gasteiger partial charge in [-0.1, -0.05) is 12.1 Å². The van der Waals surface area contributed by atoms with Gasteiger partial charge in [0.15, 0.2) is 5.78 Å². The van der Waals surface area contributed by atoms with Crippen molar-refractivity contribution in [2.24, 2.45) is 0 Å². The van der Waals surface area contributed by atoms with E-state index in [-0.39, 0.29) is 11.7 Å². The number of benzene rings is 1.